The molecule has 0 unspecified atom stereocenters. The van der Waals surface area contributed by atoms with Crippen molar-refractivity contribution in [2.45, 2.75) is 19.3 Å². The van der Waals surface area contributed by atoms with E-state index in [-0.39, 0.29) is 5.41 Å². The predicted molar refractivity (Wildman–Crippen MR) is 230 cm³/mol. The summed E-state index contributed by atoms with van der Waals surface area (Å²) in [7, 11) is 0. The topological polar surface area (TPSA) is 4.93 Å². The maximum absolute atomic E-state index is 2.52. The fraction of sp³-hybridized carbons (Fsp3) is 0.0566. The van der Waals surface area contributed by atoms with Crippen LogP contribution in [0.3, 0.4) is 0 Å². The van der Waals surface area contributed by atoms with Gasteiger partial charge in [0.15, 0.2) is 0 Å². The van der Waals surface area contributed by atoms with E-state index >= 15 is 0 Å². The zero-order valence-electron chi connectivity index (χ0n) is 30.3. The summed E-state index contributed by atoms with van der Waals surface area (Å²) in [6.45, 7) is 4.78. The normalized spacial score (nSPS) is 13.1. The number of benzene rings is 9. The smallest absolute Gasteiger partial charge is 0.0582 e. The van der Waals surface area contributed by atoms with Crippen LogP contribution in [-0.4, -0.2) is 4.57 Å². The quantitative estimate of drug-likeness (QED) is 0.174. The molecule has 0 radical (unpaired) electrons. The molecular formula is C53H37N. The zero-order valence-corrected chi connectivity index (χ0v) is 30.3. The molecular weight excluding hydrogens is 651 g/mol. The SMILES string of the molecule is CC1(C)c2ccccc2-n2c3ccc(-c4ccc5cc(-c6ccccc6)ccc5c4)cc3c3cc(-c4ccc5cc(-c6ccccc6)ccc5c4)cc1c32. The van der Waals surface area contributed by atoms with Crippen LogP contribution in [-0.2, 0) is 5.41 Å². The summed E-state index contributed by atoms with van der Waals surface area (Å²) in [4.78, 5) is 0. The number of hydrogen-bond donors (Lipinski definition) is 0. The zero-order chi connectivity index (χ0) is 36.0. The fourth-order valence-electron chi connectivity index (χ4n) is 9.03. The Labute approximate surface area is 315 Å². The summed E-state index contributed by atoms with van der Waals surface area (Å²) in [6.07, 6.45) is 0. The molecule has 0 amide bonds. The van der Waals surface area contributed by atoms with Gasteiger partial charge in [0, 0.05) is 16.2 Å². The minimum absolute atomic E-state index is 0.170. The average molecular weight is 688 g/mol. The van der Waals surface area contributed by atoms with Gasteiger partial charge in [-0.15, -0.1) is 0 Å². The van der Waals surface area contributed by atoms with Crippen LogP contribution in [0.5, 0.6) is 0 Å². The van der Waals surface area contributed by atoms with Gasteiger partial charge in [0.25, 0.3) is 0 Å². The molecule has 1 heteroatoms. The van der Waals surface area contributed by atoms with Crippen molar-refractivity contribution in [3.63, 3.8) is 0 Å². The molecule has 0 N–H and O–H groups in total. The molecule has 0 atom stereocenters. The molecule has 54 heavy (non-hydrogen) atoms. The highest BCUT2D eigenvalue weighted by molar-refractivity contribution is 6.14. The summed E-state index contributed by atoms with van der Waals surface area (Å²) in [6, 6.07) is 69.7. The van der Waals surface area contributed by atoms with E-state index in [4.69, 9.17) is 0 Å². The number of aromatic nitrogens is 1. The van der Waals surface area contributed by atoms with Crippen molar-refractivity contribution in [1.82, 2.24) is 4.57 Å². The molecule has 1 aromatic heterocycles. The second-order valence-electron chi connectivity index (χ2n) is 15.4. The van der Waals surface area contributed by atoms with Crippen molar-refractivity contribution in [3.8, 4) is 50.2 Å². The monoisotopic (exact) mass is 687 g/mol. The highest BCUT2D eigenvalue weighted by Crippen LogP contribution is 2.49. The van der Waals surface area contributed by atoms with E-state index < -0.39 is 0 Å². The molecule has 0 aliphatic carbocycles. The first-order valence-electron chi connectivity index (χ1n) is 18.9. The number of nitrogens with zero attached hydrogens (tertiary/aromatic N) is 1. The van der Waals surface area contributed by atoms with Gasteiger partial charge >= 0.3 is 0 Å². The van der Waals surface area contributed by atoms with Crippen LogP contribution in [0.1, 0.15) is 25.0 Å². The van der Waals surface area contributed by atoms with Gasteiger partial charge < -0.3 is 4.57 Å². The van der Waals surface area contributed by atoms with Crippen LogP contribution in [0.25, 0.3) is 93.5 Å². The number of para-hydroxylation sites is 1. The van der Waals surface area contributed by atoms with E-state index in [0.29, 0.717) is 0 Å². The Morgan fingerprint density at radius 2 is 0.778 bits per heavy atom. The Kier molecular flexibility index (Phi) is 6.66. The third-order valence-corrected chi connectivity index (χ3v) is 11.9. The lowest BCUT2D eigenvalue weighted by Gasteiger charge is -2.35. The van der Waals surface area contributed by atoms with E-state index in [1.807, 2.05) is 0 Å². The molecule has 10 aromatic rings. The van der Waals surface area contributed by atoms with Crippen LogP contribution in [0.15, 0.2) is 188 Å². The molecule has 1 aliphatic heterocycles. The summed E-state index contributed by atoms with van der Waals surface area (Å²) in [5.74, 6) is 0. The highest BCUT2D eigenvalue weighted by Gasteiger charge is 2.35. The van der Waals surface area contributed by atoms with Gasteiger partial charge in [-0.1, -0.05) is 147 Å². The Bertz CT molecular complexity index is 3110. The largest absolute Gasteiger partial charge is 0.309 e. The Hall–Kier alpha value is -6.70. The molecule has 0 spiro atoms. The Morgan fingerprint density at radius 3 is 1.35 bits per heavy atom. The molecule has 0 bridgehead atoms. The first-order chi connectivity index (χ1) is 26.5. The van der Waals surface area contributed by atoms with Gasteiger partial charge in [0.1, 0.15) is 0 Å². The average Bonchev–Trinajstić information content (AvgIpc) is 3.56. The minimum atomic E-state index is -0.170. The number of fused-ring (bicyclic) bond motifs is 7. The van der Waals surface area contributed by atoms with E-state index in [1.54, 1.807) is 0 Å². The van der Waals surface area contributed by atoms with Crippen LogP contribution >= 0.6 is 0 Å². The van der Waals surface area contributed by atoms with Crippen molar-refractivity contribution >= 4 is 43.4 Å². The summed E-state index contributed by atoms with van der Waals surface area (Å²) in [5.41, 5.74) is 16.3. The lowest BCUT2D eigenvalue weighted by molar-refractivity contribution is 0.630. The summed E-state index contributed by atoms with van der Waals surface area (Å²) >= 11 is 0. The second kappa shape index (κ2) is 11.7. The lowest BCUT2D eigenvalue weighted by Crippen LogP contribution is -2.26. The van der Waals surface area contributed by atoms with E-state index in [0.717, 1.165) is 0 Å². The number of hydrogen-bond acceptors (Lipinski definition) is 0. The Morgan fingerprint density at radius 1 is 0.333 bits per heavy atom. The molecule has 9 aromatic carbocycles. The van der Waals surface area contributed by atoms with Gasteiger partial charge in [-0.2, -0.15) is 0 Å². The van der Waals surface area contributed by atoms with Crippen molar-refractivity contribution in [2.24, 2.45) is 0 Å². The first-order valence-corrected chi connectivity index (χ1v) is 18.9. The van der Waals surface area contributed by atoms with Gasteiger partial charge in [-0.3, -0.25) is 0 Å². The molecule has 0 saturated carbocycles. The molecule has 1 aliphatic rings. The maximum Gasteiger partial charge on any atom is 0.0582 e. The maximum atomic E-state index is 2.52. The molecule has 11 rings (SSSR count). The van der Waals surface area contributed by atoms with E-state index in [1.165, 1.54) is 105 Å². The first kappa shape index (κ1) is 30.9. The second-order valence-corrected chi connectivity index (χ2v) is 15.4. The predicted octanol–water partition coefficient (Wildman–Crippen LogP) is 14.4. The van der Waals surface area contributed by atoms with E-state index in [9.17, 15) is 0 Å². The van der Waals surface area contributed by atoms with Gasteiger partial charge in [0.2, 0.25) is 0 Å². The van der Waals surface area contributed by atoms with Crippen LogP contribution in [0.4, 0.5) is 0 Å². The summed E-state index contributed by atoms with van der Waals surface area (Å²) in [5, 5.41) is 7.59. The van der Waals surface area contributed by atoms with Gasteiger partial charge in [-0.05, 0) is 132 Å². The van der Waals surface area contributed by atoms with Crippen LogP contribution in [0, 0.1) is 0 Å². The fourth-order valence-corrected chi connectivity index (χ4v) is 9.03. The van der Waals surface area contributed by atoms with Crippen molar-refractivity contribution in [2.75, 3.05) is 0 Å². The minimum Gasteiger partial charge on any atom is -0.309 e. The molecule has 254 valence electrons. The molecule has 2 heterocycles. The third kappa shape index (κ3) is 4.72. The van der Waals surface area contributed by atoms with Crippen molar-refractivity contribution < 1.29 is 0 Å². The molecule has 0 saturated heterocycles. The third-order valence-electron chi connectivity index (χ3n) is 11.9. The van der Waals surface area contributed by atoms with Gasteiger partial charge in [0.05, 0.1) is 16.7 Å². The number of rotatable bonds is 4. The van der Waals surface area contributed by atoms with Crippen LogP contribution < -0.4 is 0 Å². The molecule has 0 fully saturated rings. The van der Waals surface area contributed by atoms with Gasteiger partial charge in [-0.25, -0.2) is 0 Å². The highest BCUT2D eigenvalue weighted by atomic mass is 15.0. The Balaban J connectivity index is 1.09. The lowest BCUT2D eigenvalue weighted by atomic mass is 9.74. The summed E-state index contributed by atoms with van der Waals surface area (Å²) < 4.78 is 2.52. The molecule has 1 nitrogen and oxygen atoms in total. The standard InChI is InChI=1S/C53H37N/c1-53(2)48-15-9-10-16-51(48)54-50-26-25-44(42-22-21-38-27-36(17-19-40(38)29-42)34-11-5-3-6-12-34)31-46(50)47-32-45(33-49(53)52(47)54)43-24-23-39-28-37(18-20-41(39)30-43)35-13-7-4-8-14-35/h3-33H,1-2H3. The van der Waals surface area contributed by atoms with Crippen molar-refractivity contribution in [3.05, 3.63) is 199 Å². The van der Waals surface area contributed by atoms with E-state index in [2.05, 4.69) is 206 Å². The van der Waals surface area contributed by atoms with Crippen LogP contribution in [0.2, 0.25) is 0 Å². The van der Waals surface area contributed by atoms with Crippen molar-refractivity contribution in [1.29, 1.82) is 0 Å².